The summed E-state index contributed by atoms with van der Waals surface area (Å²) in [4.78, 5) is 27.8. The summed E-state index contributed by atoms with van der Waals surface area (Å²) in [5.74, 6) is 1.65. The quantitative estimate of drug-likeness (QED) is 0.695. The standard InChI is InChI=1S/C14H12N2O3/c17-12-10-6-9-5-8(7-1-2-7)3-4-11(9)19-13(10)16-14(18)15-12/h3-5,7H,1-2,6H2,(H2,15,16,17,18). The Labute approximate surface area is 108 Å². The van der Waals surface area contributed by atoms with Gasteiger partial charge in [0.15, 0.2) is 0 Å². The average Bonchev–Trinajstić information content (AvgIpc) is 3.20. The van der Waals surface area contributed by atoms with Gasteiger partial charge in [0.2, 0.25) is 5.88 Å². The fourth-order valence-electron chi connectivity index (χ4n) is 2.55. The highest BCUT2D eigenvalue weighted by molar-refractivity contribution is 5.48. The zero-order chi connectivity index (χ0) is 13.0. The van der Waals surface area contributed by atoms with Gasteiger partial charge in [-0.3, -0.25) is 14.8 Å². The molecule has 1 aromatic carbocycles. The van der Waals surface area contributed by atoms with Gasteiger partial charge in [-0.25, -0.2) is 4.79 Å². The molecule has 2 N–H and O–H groups in total. The third-order valence-corrected chi connectivity index (χ3v) is 3.71. The molecule has 1 aromatic heterocycles. The van der Waals surface area contributed by atoms with Crippen molar-refractivity contribution in [1.82, 2.24) is 9.97 Å². The normalized spacial score (nSPS) is 16.4. The van der Waals surface area contributed by atoms with Crippen molar-refractivity contribution in [1.29, 1.82) is 0 Å². The van der Waals surface area contributed by atoms with Crippen molar-refractivity contribution in [3.63, 3.8) is 0 Å². The molecule has 0 saturated heterocycles. The van der Waals surface area contributed by atoms with Crippen molar-refractivity contribution in [2.24, 2.45) is 0 Å². The summed E-state index contributed by atoms with van der Waals surface area (Å²) in [6.07, 6.45) is 2.98. The third-order valence-electron chi connectivity index (χ3n) is 3.71. The highest BCUT2D eigenvalue weighted by Gasteiger charge is 2.26. The van der Waals surface area contributed by atoms with E-state index < -0.39 is 5.69 Å². The molecule has 1 fully saturated rings. The predicted octanol–water partition coefficient (Wildman–Crippen LogP) is 1.64. The zero-order valence-corrected chi connectivity index (χ0v) is 10.2. The molecule has 5 nitrogen and oxygen atoms in total. The van der Waals surface area contributed by atoms with Crippen LogP contribution in [0.3, 0.4) is 0 Å². The van der Waals surface area contributed by atoms with Crippen LogP contribution in [0.2, 0.25) is 0 Å². The summed E-state index contributed by atoms with van der Waals surface area (Å²) >= 11 is 0. The van der Waals surface area contributed by atoms with Crippen LogP contribution in [-0.4, -0.2) is 9.97 Å². The Morgan fingerprint density at radius 2 is 2.00 bits per heavy atom. The largest absolute Gasteiger partial charge is 0.440 e. The SMILES string of the molecule is O=c1[nH]c2c(c(=O)[nH]1)Cc1cc(C3CC3)ccc1O2. The third kappa shape index (κ3) is 1.69. The van der Waals surface area contributed by atoms with Crippen molar-refractivity contribution < 1.29 is 4.74 Å². The molecule has 2 heterocycles. The molecule has 0 bridgehead atoms. The summed E-state index contributed by atoms with van der Waals surface area (Å²) in [6.45, 7) is 0. The maximum atomic E-state index is 11.8. The van der Waals surface area contributed by atoms with Crippen LogP contribution in [0, 0.1) is 0 Å². The minimum atomic E-state index is -0.540. The van der Waals surface area contributed by atoms with Gasteiger partial charge in [-0.05, 0) is 36.0 Å². The number of H-pyrrole nitrogens is 2. The van der Waals surface area contributed by atoms with Gasteiger partial charge in [-0.2, -0.15) is 0 Å². The van der Waals surface area contributed by atoms with Crippen molar-refractivity contribution in [2.75, 3.05) is 0 Å². The first-order chi connectivity index (χ1) is 9.20. The van der Waals surface area contributed by atoms with Crippen LogP contribution in [0.4, 0.5) is 0 Å². The molecule has 96 valence electrons. The number of hydrogen-bond acceptors (Lipinski definition) is 3. The molecule has 0 spiro atoms. The van der Waals surface area contributed by atoms with Gasteiger partial charge in [-0.15, -0.1) is 0 Å². The monoisotopic (exact) mass is 256 g/mol. The van der Waals surface area contributed by atoms with Crippen molar-refractivity contribution in [2.45, 2.75) is 25.2 Å². The average molecular weight is 256 g/mol. The van der Waals surface area contributed by atoms with Crippen LogP contribution in [0.25, 0.3) is 0 Å². The van der Waals surface area contributed by atoms with E-state index in [0.717, 1.165) is 11.3 Å². The molecule has 2 aromatic rings. The van der Waals surface area contributed by atoms with Crippen LogP contribution in [0.1, 0.15) is 35.4 Å². The molecule has 0 radical (unpaired) electrons. The molecule has 19 heavy (non-hydrogen) atoms. The summed E-state index contributed by atoms with van der Waals surface area (Å²) in [5, 5.41) is 0. The Morgan fingerprint density at radius 3 is 2.79 bits per heavy atom. The van der Waals surface area contributed by atoms with E-state index in [4.69, 9.17) is 4.74 Å². The van der Waals surface area contributed by atoms with Gasteiger partial charge < -0.3 is 4.74 Å². The molecule has 0 amide bonds. The van der Waals surface area contributed by atoms with E-state index in [2.05, 4.69) is 22.1 Å². The molecular formula is C14H12N2O3. The highest BCUT2D eigenvalue weighted by atomic mass is 16.5. The number of hydrogen-bond donors (Lipinski definition) is 2. The first-order valence-corrected chi connectivity index (χ1v) is 6.37. The fourth-order valence-corrected chi connectivity index (χ4v) is 2.55. The van der Waals surface area contributed by atoms with E-state index in [1.165, 1.54) is 18.4 Å². The smallest absolute Gasteiger partial charge is 0.328 e. The molecule has 2 aliphatic rings. The predicted molar refractivity (Wildman–Crippen MR) is 69.0 cm³/mol. The van der Waals surface area contributed by atoms with Gasteiger partial charge in [0.25, 0.3) is 5.56 Å². The summed E-state index contributed by atoms with van der Waals surface area (Å²) in [6, 6.07) is 6.10. The van der Waals surface area contributed by atoms with Crippen LogP contribution in [-0.2, 0) is 6.42 Å². The van der Waals surface area contributed by atoms with E-state index in [1.807, 2.05) is 6.07 Å². The van der Waals surface area contributed by atoms with Crippen LogP contribution < -0.4 is 16.0 Å². The molecule has 0 atom stereocenters. The van der Waals surface area contributed by atoms with Crippen molar-refractivity contribution >= 4 is 0 Å². The lowest BCUT2D eigenvalue weighted by atomic mass is 9.99. The minimum Gasteiger partial charge on any atom is -0.440 e. The number of rotatable bonds is 1. The zero-order valence-electron chi connectivity index (χ0n) is 10.2. The second-order valence-corrected chi connectivity index (χ2v) is 5.14. The minimum absolute atomic E-state index is 0.264. The Morgan fingerprint density at radius 1 is 1.16 bits per heavy atom. The molecule has 1 aliphatic heterocycles. The number of fused-ring (bicyclic) bond motifs is 2. The number of benzene rings is 1. The fraction of sp³-hybridized carbons (Fsp3) is 0.286. The lowest BCUT2D eigenvalue weighted by Gasteiger charge is -2.19. The molecule has 1 aliphatic carbocycles. The Kier molecular flexibility index (Phi) is 2.01. The number of ether oxygens (including phenoxy) is 1. The van der Waals surface area contributed by atoms with E-state index in [0.29, 0.717) is 17.9 Å². The molecule has 1 saturated carbocycles. The highest BCUT2D eigenvalue weighted by Crippen LogP contribution is 2.43. The molecule has 5 heteroatoms. The molecule has 4 rings (SSSR count). The first-order valence-electron chi connectivity index (χ1n) is 6.37. The molecule has 0 unspecified atom stereocenters. The number of aromatic amines is 2. The van der Waals surface area contributed by atoms with Crippen molar-refractivity contribution in [3.8, 4) is 11.6 Å². The van der Waals surface area contributed by atoms with E-state index in [1.54, 1.807) is 0 Å². The number of nitrogens with one attached hydrogen (secondary N) is 2. The van der Waals surface area contributed by atoms with E-state index in [9.17, 15) is 9.59 Å². The van der Waals surface area contributed by atoms with Gasteiger partial charge in [0.1, 0.15) is 5.75 Å². The Balaban J connectivity index is 1.83. The molecular weight excluding hydrogens is 244 g/mol. The first kappa shape index (κ1) is 10.6. The summed E-state index contributed by atoms with van der Waals surface area (Å²) < 4.78 is 5.62. The number of aromatic nitrogens is 2. The van der Waals surface area contributed by atoms with Crippen LogP contribution in [0.5, 0.6) is 11.6 Å². The summed E-state index contributed by atoms with van der Waals surface area (Å²) in [7, 11) is 0. The lowest BCUT2D eigenvalue weighted by Crippen LogP contribution is -2.27. The van der Waals surface area contributed by atoms with E-state index >= 15 is 0 Å². The topological polar surface area (TPSA) is 75.0 Å². The van der Waals surface area contributed by atoms with Gasteiger partial charge in [0.05, 0.1) is 5.56 Å². The van der Waals surface area contributed by atoms with Crippen LogP contribution in [0.15, 0.2) is 27.8 Å². The van der Waals surface area contributed by atoms with E-state index in [-0.39, 0.29) is 11.4 Å². The van der Waals surface area contributed by atoms with Crippen LogP contribution >= 0.6 is 0 Å². The Hall–Kier alpha value is -2.30. The van der Waals surface area contributed by atoms with Gasteiger partial charge in [0, 0.05) is 6.42 Å². The second kappa shape index (κ2) is 3.60. The lowest BCUT2D eigenvalue weighted by molar-refractivity contribution is 0.434. The van der Waals surface area contributed by atoms with Gasteiger partial charge >= 0.3 is 5.69 Å². The maximum Gasteiger partial charge on any atom is 0.328 e. The van der Waals surface area contributed by atoms with Crippen molar-refractivity contribution in [3.05, 3.63) is 55.7 Å². The maximum absolute atomic E-state index is 11.8. The Bertz CT molecular complexity index is 784. The summed E-state index contributed by atoms with van der Waals surface area (Å²) in [5.41, 5.74) is 1.89. The second-order valence-electron chi connectivity index (χ2n) is 5.14. The van der Waals surface area contributed by atoms with Gasteiger partial charge in [-0.1, -0.05) is 12.1 Å².